The second kappa shape index (κ2) is 7.29. The zero-order valence-electron chi connectivity index (χ0n) is 12.3. The van der Waals surface area contributed by atoms with Crippen LogP contribution in [0.2, 0.25) is 0 Å². The predicted molar refractivity (Wildman–Crippen MR) is 84.4 cm³/mol. The standard InChI is InChI=1S/C15H13N3O6/c19-14(10-4-2-1-3-5-10)9-15(20)16-11-6-12(17(21)22)8-13(7-11)18(23)24/h1-8,14,19H,9H2,(H,16,20). The maximum absolute atomic E-state index is 11.9. The summed E-state index contributed by atoms with van der Waals surface area (Å²) in [5, 5.41) is 33.9. The molecule has 2 N–H and O–H groups in total. The minimum Gasteiger partial charge on any atom is -0.388 e. The number of nitrogens with one attached hydrogen (secondary N) is 1. The summed E-state index contributed by atoms with van der Waals surface area (Å²) in [7, 11) is 0. The number of nitro benzene ring substituents is 2. The number of carbonyl (C=O) groups excluding carboxylic acids is 1. The summed E-state index contributed by atoms with van der Waals surface area (Å²) < 4.78 is 0. The zero-order chi connectivity index (χ0) is 17.7. The molecule has 0 aliphatic rings. The highest BCUT2D eigenvalue weighted by Crippen LogP contribution is 2.26. The van der Waals surface area contributed by atoms with Crippen molar-refractivity contribution in [1.82, 2.24) is 0 Å². The number of nitro groups is 2. The summed E-state index contributed by atoms with van der Waals surface area (Å²) in [6.07, 6.45) is -1.35. The van der Waals surface area contributed by atoms with Crippen LogP contribution in [0.4, 0.5) is 17.1 Å². The molecule has 124 valence electrons. The Kier molecular flexibility index (Phi) is 5.17. The Labute approximate surface area is 135 Å². The first-order valence-corrected chi connectivity index (χ1v) is 6.83. The summed E-state index contributed by atoms with van der Waals surface area (Å²) in [6, 6.07) is 11.3. The number of hydrogen-bond acceptors (Lipinski definition) is 6. The Balaban J connectivity index is 2.13. The predicted octanol–water partition coefficient (Wildman–Crippen LogP) is 2.57. The number of rotatable bonds is 6. The minimum atomic E-state index is -1.06. The topological polar surface area (TPSA) is 136 Å². The Morgan fingerprint density at radius 2 is 1.58 bits per heavy atom. The van der Waals surface area contributed by atoms with E-state index >= 15 is 0 Å². The molecule has 9 nitrogen and oxygen atoms in total. The highest BCUT2D eigenvalue weighted by molar-refractivity contribution is 5.91. The fourth-order valence-electron chi connectivity index (χ4n) is 2.06. The second-order valence-electron chi connectivity index (χ2n) is 4.93. The molecule has 0 aliphatic heterocycles. The van der Waals surface area contributed by atoms with Crippen LogP contribution in [-0.2, 0) is 4.79 Å². The van der Waals surface area contributed by atoms with Crippen LogP contribution in [0.3, 0.4) is 0 Å². The van der Waals surface area contributed by atoms with E-state index in [9.17, 15) is 30.1 Å². The molecule has 0 aliphatic carbocycles. The van der Waals surface area contributed by atoms with Crippen molar-refractivity contribution in [2.24, 2.45) is 0 Å². The molecule has 0 radical (unpaired) electrons. The molecular formula is C15H13N3O6. The van der Waals surface area contributed by atoms with Crippen LogP contribution in [-0.4, -0.2) is 20.9 Å². The van der Waals surface area contributed by atoms with Gasteiger partial charge >= 0.3 is 0 Å². The third-order valence-electron chi connectivity index (χ3n) is 3.17. The molecule has 9 heteroatoms. The largest absolute Gasteiger partial charge is 0.388 e. The maximum Gasteiger partial charge on any atom is 0.278 e. The number of aliphatic hydroxyl groups excluding tert-OH is 1. The SMILES string of the molecule is O=C(CC(O)c1ccccc1)Nc1cc([N+](=O)[O-])cc([N+](=O)[O-])c1. The molecule has 24 heavy (non-hydrogen) atoms. The number of benzene rings is 2. The highest BCUT2D eigenvalue weighted by atomic mass is 16.6. The molecule has 2 aromatic rings. The van der Waals surface area contributed by atoms with E-state index in [1.807, 2.05) is 0 Å². The monoisotopic (exact) mass is 331 g/mol. The normalized spacial score (nSPS) is 11.5. The lowest BCUT2D eigenvalue weighted by Crippen LogP contribution is -2.15. The van der Waals surface area contributed by atoms with Gasteiger partial charge in [0.1, 0.15) is 0 Å². The number of amides is 1. The van der Waals surface area contributed by atoms with Crippen molar-refractivity contribution in [1.29, 1.82) is 0 Å². The van der Waals surface area contributed by atoms with Crippen molar-refractivity contribution in [3.63, 3.8) is 0 Å². The minimum absolute atomic E-state index is 0.0823. The van der Waals surface area contributed by atoms with Crippen LogP contribution in [0.1, 0.15) is 18.1 Å². The molecule has 0 saturated carbocycles. The number of aliphatic hydroxyl groups is 1. The molecule has 0 heterocycles. The third-order valence-corrected chi connectivity index (χ3v) is 3.17. The van der Waals surface area contributed by atoms with E-state index in [2.05, 4.69) is 5.32 Å². The van der Waals surface area contributed by atoms with Gasteiger partial charge in [0.2, 0.25) is 5.91 Å². The van der Waals surface area contributed by atoms with E-state index in [4.69, 9.17) is 0 Å². The Morgan fingerprint density at radius 1 is 1.04 bits per heavy atom. The second-order valence-corrected chi connectivity index (χ2v) is 4.93. The molecule has 1 atom stereocenters. The van der Waals surface area contributed by atoms with Crippen LogP contribution in [0.15, 0.2) is 48.5 Å². The van der Waals surface area contributed by atoms with Gasteiger partial charge in [-0.1, -0.05) is 30.3 Å². The molecule has 0 saturated heterocycles. The average Bonchev–Trinajstić information content (AvgIpc) is 2.55. The smallest absolute Gasteiger partial charge is 0.278 e. The van der Waals surface area contributed by atoms with E-state index in [-0.39, 0.29) is 12.1 Å². The van der Waals surface area contributed by atoms with E-state index in [1.54, 1.807) is 30.3 Å². The molecule has 0 bridgehead atoms. The van der Waals surface area contributed by atoms with Crippen molar-refractivity contribution < 1.29 is 19.7 Å². The van der Waals surface area contributed by atoms with Crippen LogP contribution in [0.5, 0.6) is 0 Å². The van der Waals surface area contributed by atoms with E-state index in [1.165, 1.54) is 0 Å². The zero-order valence-corrected chi connectivity index (χ0v) is 12.3. The molecule has 0 aromatic heterocycles. The van der Waals surface area contributed by atoms with Gasteiger partial charge in [-0.05, 0) is 5.56 Å². The van der Waals surface area contributed by atoms with Gasteiger partial charge in [0.15, 0.2) is 0 Å². The molecule has 2 aromatic carbocycles. The molecule has 0 spiro atoms. The molecular weight excluding hydrogens is 318 g/mol. The number of hydrogen-bond donors (Lipinski definition) is 2. The summed E-state index contributed by atoms with van der Waals surface area (Å²) >= 11 is 0. The lowest BCUT2D eigenvalue weighted by atomic mass is 10.1. The lowest BCUT2D eigenvalue weighted by molar-refractivity contribution is -0.394. The van der Waals surface area contributed by atoms with Crippen molar-refractivity contribution in [3.05, 3.63) is 74.3 Å². The third kappa shape index (κ3) is 4.34. The van der Waals surface area contributed by atoms with Crippen LogP contribution in [0.25, 0.3) is 0 Å². The van der Waals surface area contributed by atoms with E-state index in [0.717, 1.165) is 18.2 Å². The first-order valence-electron chi connectivity index (χ1n) is 6.83. The lowest BCUT2D eigenvalue weighted by Gasteiger charge is -2.11. The van der Waals surface area contributed by atoms with Gasteiger partial charge < -0.3 is 10.4 Å². The van der Waals surface area contributed by atoms with Crippen molar-refractivity contribution in [2.75, 3.05) is 5.32 Å². The van der Waals surface area contributed by atoms with Crippen LogP contribution >= 0.6 is 0 Å². The highest BCUT2D eigenvalue weighted by Gasteiger charge is 2.19. The van der Waals surface area contributed by atoms with Gasteiger partial charge in [0.25, 0.3) is 11.4 Å². The van der Waals surface area contributed by atoms with Gasteiger partial charge in [0, 0.05) is 12.1 Å². The van der Waals surface area contributed by atoms with Gasteiger partial charge in [-0.2, -0.15) is 0 Å². The Morgan fingerprint density at radius 3 is 2.08 bits per heavy atom. The number of nitrogens with zero attached hydrogens (tertiary/aromatic N) is 2. The van der Waals surface area contributed by atoms with E-state index in [0.29, 0.717) is 5.56 Å². The molecule has 0 fully saturated rings. The Bertz CT molecular complexity index is 746. The van der Waals surface area contributed by atoms with Gasteiger partial charge in [-0.3, -0.25) is 25.0 Å². The van der Waals surface area contributed by atoms with Gasteiger partial charge in [-0.25, -0.2) is 0 Å². The number of anilines is 1. The van der Waals surface area contributed by atoms with Crippen molar-refractivity contribution >= 4 is 23.0 Å². The number of non-ortho nitro benzene ring substituents is 2. The summed E-state index contributed by atoms with van der Waals surface area (Å²) in [6.45, 7) is 0. The van der Waals surface area contributed by atoms with Crippen molar-refractivity contribution in [2.45, 2.75) is 12.5 Å². The van der Waals surface area contributed by atoms with Crippen LogP contribution < -0.4 is 5.32 Å². The first-order chi connectivity index (χ1) is 11.4. The van der Waals surface area contributed by atoms with Crippen LogP contribution in [0, 0.1) is 20.2 Å². The first kappa shape index (κ1) is 17.0. The maximum atomic E-state index is 11.9. The fraction of sp³-hybridized carbons (Fsp3) is 0.133. The molecule has 1 amide bonds. The number of carbonyl (C=O) groups is 1. The Hall–Kier alpha value is -3.33. The quantitative estimate of drug-likeness (QED) is 0.616. The fourth-order valence-corrected chi connectivity index (χ4v) is 2.06. The molecule has 1 unspecified atom stereocenters. The van der Waals surface area contributed by atoms with Gasteiger partial charge in [-0.15, -0.1) is 0 Å². The van der Waals surface area contributed by atoms with E-state index < -0.39 is 33.2 Å². The summed E-state index contributed by atoms with van der Waals surface area (Å²) in [4.78, 5) is 32.0. The summed E-state index contributed by atoms with van der Waals surface area (Å²) in [5.74, 6) is -0.624. The molecule has 2 rings (SSSR count). The van der Waals surface area contributed by atoms with Crippen molar-refractivity contribution in [3.8, 4) is 0 Å². The van der Waals surface area contributed by atoms with Gasteiger partial charge in [0.05, 0.1) is 34.1 Å². The average molecular weight is 331 g/mol. The summed E-state index contributed by atoms with van der Waals surface area (Å²) in [5.41, 5.74) is -0.565.